The van der Waals surface area contributed by atoms with Crippen LogP contribution in [0.5, 0.6) is 0 Å². The quantitative estimate of drug-likeness (QED) is 0.474. The molecular formula is C21H29N. The third-order valence-corrected chi connectivity index (χ3v) is 4.36. The van der Waals surface area contributed by atoms with E-state index in [2.05, 4.69) is 50.2 Å². The summed E-state index contributed by atoms with van der Waals surface area (Å²) >= 11 is 0. The van der Waals surface area contributed by atoms with Crippen molar-refractivity contribution in [2.75, 3.05) is 5.73 Å². The fourth-order valence-corrected chi connectivity index (χ4v) is 3.06. The van der Waals surface area contributed by atoms with Gasteiger partial charge in [-0.3, -0.25) is 0 Å². The smallest absolute Gasteiger partial charge is 0.0314 e. The summed E-state index contributed by atoms with van der Waals surface area (Å²) < 4.78 is 0. The van der Waals surface area contributed by atoms with Gasteiger partial charge in [0, 0.05) is 11.6 Å². The highest BCUT2D eigenvalue weighted by molar-refractivity contribution is 5.43. The van der Waals surface area contributed by atoms with Crippen molar-refractivity contribution in [1.29, 1.82) is 0 Å². The van der Waals surface area contributed by atoms with Gasteiger partial charge in [-0.2, -0.15) is 0 Å². The van der Waals surface area contributed by atoms with Crippen LogP contribution in [0.25, 0.3) is 0 Å². The first kappa shape index (κ1) is 16.6. The number of hydrogen-bond acceptors (Lipinski definition) is 1. The van der Waals surface area contributed by atoms with Crippen LogP contribution in [0.3, 0.4) is 0 Å². The second-order valence-electron chi connectivity index (χ2n) is 6.21. The summed E-state index contributed by atoms with van der Waals surface area (Å²) in [6.07, 6.45) is 7.44. The third kappa shape index (κ3) is 4.62. The lowest BCUT2D eigenvalue weighted by atomic mass is 9.86. The highest BCUT2D eigenvalue weighted by Gasteiger charge is 2.13. The van der Waals surface area contributed by atoms with Gasteiger partial charge in [0.2, 0.25) is 0 Å². The molecule has 0 saturated heterocycles. The number of nitrogens with two attached hydrogens (primary N) is 1. The number of aryl methyl sites for hydroxylation is 1. The molecule has 0 bridgehead atoms. The molecule has 1 unspecified atom stereocenters. The van der Waals surface area contributed by atoms with E-state index in [1.54, 1.807) is 0 Å². The molecule has 0 radical (unpaired) electrons. The summed E-state index contributed by atoms with van der Waals surface area (Å²) in [7, 11) is 0. The van der Waals surface area contributed by atoms with Gasteiger partial charge in [0.25, 0.3) is 0 Å². The molecule has 0 aliphatic rings. The van der Waals surface area contributed by atoms with Gasteiger partial charge in [0.05, 0.1) is 0 Å². The predicted octanol–water partition coefficient (Wildman–Crippen LogP) is 5.93. The van der Waals surface area contributed by atoms with Crippen LogP contribution in [0.2, 0.25) is 0 Å². The maximum absolute atomic E-state index is 5.84. The number of anilines is 1. The molecule has 0 saturated carbocycles. The highest BCUT2D eigenvalue weighted by atomic mass is 14.5. The molecule has 0 amide bonds. The molecule has 2 rings (SSSR count). The lowest BCUT2D eigenvalue weighted by Gasteiger charge is -2.19. The minimum absolute atomic E-state index is 0.489. The summed E-state index contributed by atoms with van der Waals surface area (Å²) in [4.78, 5) is 0. The zero-order valence-corrected chi connectivity index (χ0v) is 14.0. The van der Waals surface area contributed by atoms with Crippen molar-refractivity contribution in [3.63, 3.8) is 0 Å². The Morgan fingerprint density at radius 1 is 0.773 bits per heavy atom. The first-order chi connectivity index (χ1) is 10.7. The van der Waals surface area contributed by atoms with Crippen molar-refractivity contribution in [2.24, 2.45) is 0 Å². The molecule has 1 heteroatoms. The van der Waals surface area contributed by atoms with Crippen LogP contribution in [0, 0.1) is 0 Å². The number of unbranched alkanes of at least 4 members (excludes halogenated alkanes) is 2. The Bertz CT molecular complexity index is 539. The van der Waals surface area contributed by atoms with E-state index in [1.165, 1.54) is 55.2 Å². The Hall–Kier alpha value is -1.76. The van der Waals surface area contributed by atoms with E-state index >= 15 is 0 Å². The molecule has 2 N–H and O–H groups in total. The summed E-state index contributed by atoms with van der Waals surface area (Å²) in [5, 5.41) is 0. The average molecular weight is 295 g/mol. The van der Waals surface area contributed by atoms with Crippen LogP contribution in [0.1, 0.15) is 68.6 Å². The summed E-state index contributed by atoms with van der Waals surface area (Å²) in [5.74, 6) is 0.489. The van der Waals surface area contributed by atoms with E-state index in [1.807, 2.05) is 12.1 Å². The normalized spacial score (nSPS) is 12.3. The van der Waals surface area contributed by atoms with E-state index in [9.17, 15) is 0 Å². The van der Waals surface area contributed by atoms with Gasteiger partial charge in [-0.15, -0.1) is 0 Å². The second-order valence-corrected chi connectivity index (χ2v) is 6.21. The predicted molar refractivity (Wildman–Crippen MR) is 97.3 cm³/mol. The Balaban J connectivity index is 2.20. The molecule has 0 aromatic heterocycles. The number of rotatable bonds is 8. The first-order valence-corrected chi connectivity index (χ1v) is 8.68. The molecular weight excluding hydrogens is 266 g/mol. The van der Waals surface area contributed by atoms with Crippen molar-refractivity contribution >= 4 is 5.69 Å². The van der Waals surface area contributed by atoms with Gasteiger partial charge in [0.1, 0.15) is 0 Å². The molecule has 0 aliphatic carbocycles. The Labute approximate surface area is 135 Å². The monoisotopic (exact) mass is 295 g/mol. The molecule has 1 nitrogen and oxygen atoms in total. The molecule has 2 aromatic rings. The van der Waals surface area contributed by atoms with Crippen molar-refractivity contribution in [1.82, 2.24) is 0 Å². The molecule has 0 aliphatic heterocycles. The SMILES string of the molecule is CCCCCC(c1ccc(N)cc1)c1ccc(CCC)cc1. The van der Waals surface area contributed by atoms with Crippen LogP contribution < -0.4 is 5.73 Å². The largest absolute Gasteiger partial charge is 0.399 e. The summed E-state index contributed by atoms with van der Waals surface area (Å²) in [6.45, 7) is 4.49. The summed E-state index contributed by atoms with van der Waals surface area (Å²) in [5.41, 5.74) is 10.9. The molecule has 22 heavy (non-hydrogen) atoms. The van der Waals surface area contributed by atoms with Gasteiger partial charge in [-0.25, -0.2) is 0 Å². The molecule has 0 fully saturated rings. The van der Waals surface area contributed by atoms with E-state index < -0.39 is 0 Å². The average Bonchev–Trinajstić information content (AvgIpc) is 2.54. The minimum Gasteiger partial charge on any atom is -0.399 e. The first-order valence-electron chi connectivity index (χ1n) is 8.68. The van der Waals surface area contributed by atoms with Gasteiger partial charge in [-0.05, 0) is 41.7 Å². The molecule has 0 spiro atoms. The maximum atomic E-state index is 5.84. The van der Waals surface area contributed by atoms with Gasteiger partial charge in [0.15, 0.2) is 0 Å². The van der Waals surface area contributed by atoms with E-state index in [-0.39, 0.29) is 0 Å². The fraction of sp³-hybridized carbons (Fsp3) is 0.429. The van der Waals surface area contributed by atoms with Crippen LogP contribution in [-0.4, -0.2) is 0 Å². The zero-order chi connectivity index (χ0) is 15.8. The number of nitrogen functional groups attached to an aromatic ring is 1. The van der Waals surface area contributed by atoms with Crippen LogP contribution in [0.15, 0.2) is 48.5 Å². The molecule has 0 heterocycles. The zero-order valence-electron chi connectivity index (χ0n) is 14.0. The van der Waals surface area contributed by atoms with Crippen LogP contribution in [-0.2, 0) is 6.42 Å². The Kier molecular flexibility index (Phi) is 6.51. The Morgan fingerprint density at radius 3 is 1.91 bits per heavy atom. The van der Waals surface area contributed by atoms with Gasteiger partial charge < -0.3 is 5.73 Å². The maximum Gasteiger partial charge on any atom is 0.0314 e. The van der Waals surface area contributed by atoms with Crippen LogP contribution >= 0.6 is 0 Å². The van der Waals surface area contributed by atoms with Crippen molar-refractivity contribution in [3.05, 3.63) is 65.2 Å². The molecule has 118 valence electrons. The van der Waals surface area contributed by atoms with Crippen molar-refractivity contribution < 1.29 is 0 Å². The van der Waals surface area contributed by atoms with Crippen molar-refractivity contribution in [3.8, 4) is 0 Å². The van der Waals surface area contributed by atoms with Gasteiger partial charge >= 0.3 is 0 Å². The van der Waals surface area contributed by atoms with Gasteiger partial charge in [-0.1, -0.05) is 75.9 Å². The number of hydrogen-bond donors (Lipinski definition) is 1. The molecule has 1 atom stereocenters. The third-order valence-electron chi connectivity index (χ3n) is 4.36. The lowest BCUT2D eigenvalue weighted by molar-refractivity contribution is 0.618. The Morgan fingerprint density at radius 2 is 1.36 bits per heavy atom. The second kappa shape index (κ2) is 8.63. The van der Waals surface area contributed by atoms with Crippen molar-refractivity contribution in [2.45, 2.75) is 58.3 Å². The fourth-order valence-electron chi connectivity index (χ4n) is 3.06. The topological polar surface area (TPSA) is 26.0 Å². The lowest BCUT2D eigenvalue weighted by Crippen LogP contribution is -2.02. The summed E-state index contributed by atoms with van der Waals surface area (Å²) in [6, 6.07) is 17.6. The standard InChI is InChI=1S/C21H29N/c1-3-5-6-8-21(19-13-15-20(22)16-14-19)18-11-9-17(7-4-2)10-12-18/h9-16,21H,3-8,22H2,1-2H3. The highest BCUT2D eigenvalue weighted by Crippen LogP contribution is 2.31. The minimum atomic E-state index is 0.489. The van der Waals surface area contributed by atoms with E-state index in [0.29, 0.717) is 5.92 Å². The van der Waals surface area contributed by atoms with E-state index in [0.717, 1.165) is 5.69 Å². The number of benzene rings is 2. The van der Waals surface area contributed by atoms with E-state index in [4.69, 9.17) is 5.73 Å². The van der Waals surface area contributed by atoms with Crippen LogP contribution in [0.4, 0.5) is 5.69 Å². The molecule has 2 aromatic carbocycles.